The molecule has 0 bridgehead atoms. The minimum atomic E-state index is -1.38. The van der Waals surface area contributed by atoms with Gasteiger partial charge in [0, 0.05) is 11.1 Å². The summed E-state index contributed by atoms with van der Waals surface area (Å²) < 4.78 is 10.5. The van der Waals surface area contributed by atoms with Crippen LogP contribution in [0.1, 0.15) is 21.5 Å². The molecule has 1 aliphatic heterocycles. The average molecular weight is 222 g/mol. The van der Waals surface area contributed by atoms with Gasteiger partial charge in [0.05, 0.1) is 18.8 Å². The van der Waals surface area contributed by atoms with E-state index in [1.165, 1.54) is 6.07 Å². The van der Waals surface area contributed by atoms with E-state index >= 15 is 0 Å². The lowest BCUT2D eigenvalue weighted by atomic mass is 9.78. The molecule has 84 valence electrons. The number of benzene rings is 1. The molecule has 1 spiro atoms. The number of phenolic OH excluding ortho intramolecular Hbond substituents is 2. The highest BCUT2D eigenvalue weighted by Crippen LogP contribution is 2.51. The monoisotopic (exact) mass is 222 g/mol. The van der Waals surface area contributed by atoms with Crippen molar-refractivity contribution < 1.29 is 24.5 Å². The quantitative estimate of drug-likeness (QED) is 0.679. The van der Waals surface area contributed by atoms with E-state index in [-0.39, 0.29) is 22.8 Å². The van der Waals surface area contributed by atoms with E-state index in [1.54, 1.807) is 6.92 Å². The number of ether oxygens (including phenoxy) is 2. The topological polar surface area (TPSA) is 76.0 Å². The van der Waals surface area contributed by atoms with Gasteiger partial charge in [0.2, 0.25) is 5.78 Å². The van der Waals surface area contributed by atoms with Crippen molar-refractivity contribution in [2.24, 2.45) is 0 Å². The standard InChI is InChI=1S/C11H10O5/c1-5-7(12)4-6-8(9(5)13)10(14)11(6)15-2-3-16-11/h4,12-13H,2-3H2,1H3. The summed E-state index contributed by atoms with van der Waals surface area (Å²) in [5.74, 6) is -2.01. The molecule has 1 saturated heterocycles. The Bertz CT molecular complexity index is 500. The molecule has 16 heavy (non-hydrogen) atoms. The first-order chi connectivity index (χ1) is 7.58. The maximum Gasteiger partial charge on any atom is 0.262 e. The van der Waals surface area contributed by atoms with Crippen molar-refractivity contribution in [2.75, 3.05) is 13.2 Å². The number of rotatable bonds is 0. The number of carbonyl (C=O) groups is 1. The van der Waals surface area contributed by atoms with Crippen LogP contribution in [0.15, 0.2) is 6.07 Å². The summed E-state index contributed by atoms with van der Waals surface area (Å²) in [6.45, 7) is 2.21. The Morgan fingerprint density at radius 2 is 1.94 bits per heavy atom. The normalized spacial score (nSPS) is 20.9. The van der Waals surface area contributed by atoms with Crippen molar-refractivity contribution in [2.45, 2.75) is 12.7 Å². The lowest BCUT2D eigenvalue weighted by Crippen LogP contribution is -2.47. The lowest BCUT2D eigenvalue weighted by Gasteiger charge is -2.37. The Morgan fingerprint density at radius 3 is 2.56 bits per heavy atom. The number of aromatic hydroxyl groups is 2. The molecule has 1 heterocycles. The van der Waals surface area contributed by atoms with E-state index in [1.807, 2.05) is 0 Å². The molecular formula is C11H10O5. The number of Topliss-reactive ketones (excluding diaryl/α,β-unsaturated/α-hetero) is 1. The summed E-state index contributed by atoms with van der Waals surface area (Å²) in [7, 11) is 0. The van der Waals surface area contributed by atoms with Crippen LogP contribution in [0.25, 0.3) is 0 Å². The summed E-state index contributed by atoms with van der Waals surface area (Å²) in [4.78, 5) is 11.9. The number of hydrogen-bond acceptors (Lipinski definition) is 5. The second-order valence-corrected chi connectivity index (χ2v) is 3.93. The molecule has 0 radical (unpaired) electrons. The summed E-state index contributed by atoms with van der Waals surface area (Å²) in [5.41, 5.74) is 0.896. The molecule has 2 N–H and O–H groups in total. The zero-order chi connectivity index (χ0) is 11.5. The first kappa shape index (κ1) is 9.62. The molecule has 0 saturated carbocycles. The molecule has 3 rings (SSSR count). The average Bonchev–Trinajstić information content (AvgIpc) is 2.76. The molecule has 0 aromatic heterocycles. The molecule has 1 aliphatic carbocycles. The van der Waals surface area contributed by atoms with Crippen molar-refractivity contribution >= 4 is 5.78 Å². The van der Waals surface area contributed by atoms with Gasteiger partial charge in [0.1, 0.15) is 11.5 Å². The largest absolute Gasteiger partial charge is 0.508 e. The molecule has 1 aromatic rings. The Balaban J connectivity index is 2.24. The minimum absolute atomic E-state index is 0.0674. The zero-order valence-corrected chi connectivity index (χ0v) is 8.61. The van der Waals surface area contributed by atoms with Gasteiger partial charge < -0.3 is 19.7 Å². The van der Waals surface area contributed by atoms with Gasteiger partial charge in [-0.15, -0.1) is 0 Å². The summed E-state index contributed by atoms with van der Waals surface area (Å²) in [6, 6.07) is 1.41. The molecule has 1 aromatic carbocycles. The van der Waals surface area contributed by atoms with Crippen molar-refractivity contribution in [3.63, 3.8) is 0 Å². The van der Waals surface area contributed by atoms with E-state index in [4.69, 9.17) is 9.47 Å². The Morgan fingerprint density at radius 1 is 1.31 bits per heavy atom. The van der Waals surface area contributed by atoms with Gasteiger partial charge in [-0.05, 0) is 13.0 Å². The van der Waals surface area contributed by atoms with Crippen LogP contribution in [0, 0.1) is 6.92 Å². The van der Waals surface area contributed by atoms with Gasteiger partial charge in [0.25, 0.3) is 5.79 Å². The molecule has 0 unspecified atom stereocenters. The first-order valence-electron chi connectivity index (χ1n) is 4.96. The zero-order valence-electron chi connectivity index (χ0n) is 8.61. The van der Waals surface area contributed by atoms with E-state index in [0.717, 1.165) is 0 Å². The van der Waals surface area contributed by atoms with Gasteiger partial charge in [-0.1, -0.05) is 0 Å². The second-order valence-electron chi connectivity index (χ2n) is 3.93. The maximum absolute atomic E-state index is 11.9. The third kappa shape index (κ3) is 0.857. The Hall–Kier alpha value is -1.59. The fourth-order valence-electron chi connectivity index (χ4n) is 2.17. The SMILES string of the molecule is Cc1c(O)cc2c(c1O)C(=O)C21OCCO1. The number of hydrogen-bond donors (Lipinski definition) is 2. The highest BCUT2D eigenvalue weighted by molar-refractivity contribution is 6.14. The van der Waals surface area contributed by atoms with E-state index in [0.29, 0.717) is 24.3 Å². The van der Waals surface area contributed by atoms with Gasteiger partial charge in [-0.2, -0.15) is 0 Å². The molecule has 1 fully saturated rings. The van der Waals surface area contributed by atoms with E-state index < -0.39 is 5.79 Å². The number of fused-ring (bicyclic) bond motifs is 2. The Labute approximate surface area is 91.2 Å². The van der Waals surface area contributed by atoms with Crippen LogP contribution >= 0.6 is 0 Å². The third-order valence-corrected chi connectivity index (χ3v) is 3.10. The smallest absolute Gasteiger partial charge is 0.262 e. The number of ketones is 1. The summed E-state index contributed by atoms with van der Waals surface area (Å²) in [5, 5.41) is 19.3. The summed E-state index contributed by atoms with van der Waals surface area (Å²) >= 11 is 0. The minimum Gasteiger partial charge on any atom is -0.508 e. The van der Waals surface area contributed by atoms with Crippen molar-refractivity contribution in [1.82, 2.24) is 0 Å². The lowest BCUT2D eigenvalue weighted by molar-refractivity contribution is -0.137. The van der Waals surface area contributed by atoms with E-state index in [9.17, 15) is 15.0 Å². The maximum atomic E-state index is 11.9. The van der Waals surface area contributed by atoms with Crippen molar-refractivity contribution in [3.05, 3.63) is 22.8 Å². The highest BCUT2D eigenvalue weighted by atomic mass is 16.7. The molecule has 0 atom stereocenters. The Kier molecular flexibility index (Phi) is 1.65. The molecular weight excluding hydrogens is 212 g/mol. The van der Waals surface area contributed by atoms with Crippen molar-refractivity contribution in [1.29, 1.82) is 0 Å². The predicted molar refractivity (Wildman–Crippen MR) is 52.4 cm³/mol. The molecule has 5 nitrogen and oxygen atoms in total. The van der Waals surface area contributed by atoms with Crippen LogP contribution in [0.4, 0.5) is 0 Å². The molecule has 5 heteroatoms. The van der Waals surface area contributed by atoms with Crippen LogP contribution in [0.2, 0.25) is 0 Å². The van der Waals surface area contributed by atoms with Gasteiger partial charge >= 0.3 is 0 Å². The second kappa shape index (κ2) is 2.75. The summed E-state index contributed by atoms with van der Waals surface area (Å²) in [6.07, 6.45) is 0. The van der Waals surface area contributed by atoms with Crippen LogP contribution < -0.4 is 0 Å². The highest BCUT2D eigenvalue weighted by Gasteiger charge is 2.58. The number of phenols is 2. The van der Waals surface area contributed by atoms with Crippen molar-refractivity contribution in [3.8, 4) is 11.5 Å². The fourth-order valence-corrected chi connectivity index (χ4v) is 2.17. The van der Waals surface area contributed by atoms with Gasteiger partial charge in [0.15, 0.2) is 0 Å². The van der Waals surface area contributed by atoms with Crippen LogP contribution in [0.3, 0.4) is 0 Å². The number of carbonyl (C=O) groups excluding carboxylic acids is 1. The van der Waals surface area contributed by atoms with Crippen LogP contribution in [0.5, 0.6) is 11.5 Å². The first-order valence-corrected chi connectivity index (χ1v) is 4.96. The third-order valence-electron chi connectivity index (χ3n) is 3.10. The van der Waals surface area contributed by atoms with Crippen LogP contribution in [-0.4, -0.2) is 29.2 Å². The van der Waals surface area contributed by atoms with Gasteiger partial charge in [-0.25, -0.2) is 0 Å². The fraction of sp³-hybridized carbons (Fsp3) is 0.364. The van der Waals surface area contributed by atoms with Gasteiger partial charge in [-0.3, -0.25) is 4.79 Å². The predicted octanol–water partition coefficient (Wildman–Crippen LogP) is 0.802. The van der Waals surface area contributed by atoms with E-state index in [2.05, 4.69) is 0 Å². The molecule has 2 aliphatic rings. The molecule has 0 amide bonds. The van der Waals surface area contributed by atoms with Crippen LogP contribution in [-0.2, 0) is 15.3 Å².